The molecule has 1 aliphatic heterocycles. The molecule has 0 unspecified atom stereocenters. The number of fused-ring (bicyclic) bond motifs is 4. The number of amides is 1. The third kappa shape index (κ3) is 3.09. The molecule has 0 saturated carbocycles. The van der Waals surface area contributed by atoms with Gasteiger partial charge in [-0.1, -0.05) is 30.3 Å². The molecule has 0 saturated heterocycles. The largest absolute Gasteiger partial charge is 0.322 e. The van der Waals surface area contributed by atoms with Crippen molar-refractivity contribution in [3.05, 3.63) is 82.9 Å². The van der Waals surface area contributed by atoms with Crippen LogP contribution in [0.3, 0.4) is 0 Å². The number of benzene rings is 3. The number of carbonyl (C=O) groups excluding carboxylic acids is 1. The summed E-state index contributed by atoms with van der Waals surface area (Å²) in [6.45, 7) is 0.421. The third-order valence-electron chi connectivity index (χ3n) is 5.65. The zero-order valence-electron chi connectivity index (χ0n) is 16.0. The van der Waals surface area contributed by atoms with Crippen molar-refractivity contribution in [3.63, 3.8) is 0 Å². The molecule has 5 nitrogen and oxygen atoms in total. The fourth-order valence-corrected chi connectivity index (χ4v) is 5.24. The summed E-state index contributed by atoms with van der Waals surface area (Å²) in [4.78, 5) is 12.8. The highest BCUT2D eigenvalue weighted by atomic mass is 32.2. The Morgan fingerprint density at radius 3 is 2.55 bits per heavy atom. The van der Waals surface area contributed by atoms with Crippen LogP contribution in [0, 0.1) is 0 Å². The second-order valence-electron chi connectivity index (χ2n) is 7.59. The van der Waals surface area contributed by atoms with E-state index in [2.05, 4.69) is 23.5 Å². The van der Waals surface area contributed by atoms with Gasteiger partial charge in [-0.2, -0.15) is 0 Å². The molecular weight excluding hydrogens is 384 g/mol. The molecule has 0 bridgehead atoms. The first kappa shape index (κ1) is 17.9. The maximum atomic E-state index is 12.8. The van der Waals surface area contributed by atoms with Crippen LogP contribution in [0.2, 0.25) is 0 Å². The lowest BCUT2D eigenvalue weighted by atomic mass is 10.1. The standard InChI is InChI=1S/C23H20N2O3S/c1-29(27,28)25-11-10-16-13-17(6-9-22(16)25)23(26)24-19-7-8-21-18(14-19)12-15-4-2-3-5-20(15)21/h2-9,13-14H,10-12H2,1H3,(H,24,26). The number of rotatable bonds is 3. The number of nitrogens with one attached hydrogen (secondary N) is 1. The minimum Gasteiger partial charge on any atom is -0.322 e. The van der Waals surface area contributed by atoms with Gasteiger partial charge in [0.15, 0.2) is 0 Å². The topological polar surface area (TPSA) is 66.5 Å². The summed E-state index contributed by atoms with van der Waals surface area (Å²) in [6.07, 6.45) is 2.69. The monoisotopic (exact) mass is 404 g/mol. The van der Waals surface area contributed by atoms with Crippen LogP contribution in [-0.4, -0.2) is 27.1 Å². The van der Waals surface area contributed by atoms with Gasteiger partial charge in [-0.25, -0.2) is 8.42 Å². The fourth-order valence-electron chi connectivity index (χ4n) is 4.28. The van der Waals surface area contributed by atoms with E-state index in [1.807, 2.05) is 24.3 Å². The number of carbonyl (C=O) groups is 1. The van der Waals surface area contributed by atoms with Crippen molar-refractivity contribution in [2.24, 2.45) is 0 Å². The van der Waals surface area contributed by atoms with Crippen molar-refractivity contribution in [3.8, 4) is 11.1 Å². The summed E-state index contributed by atoms with van der Waals surface area (Å²) in [5.74, 6) is -0.193. The predicted octanol–water partition coefficient (Wildman–Crippen LogP) is 3.83. The van der Waals surface area contributed by atoms with Crippen molar-refractivity contribution in [2.45, 2.75) is 12.8 Å². The van der Waals surface area contributed by atoms with Crippen LogP contribution in [0.25, 0.3) is 11.1 Å². The maximum Gasteiger partial charge on any atom is 0.255 e. The van der Waals surface area contributed by atoms with E-state index < -0.39 is 10.0 Å². The molecule has 1 heterocycles. The molecule has 0 atom stereocenters. The first-order valence-corrected chi connectivity index (χ1v) is 11.4. The van der Waals surface area contributed by atoms with Crippen LogP contribution in [-0.2, 0) is 22.9 Å². The van der Waals surface area contributed by atoms with Gasteiger partial charge in [0.05, 0.1) is 11.9 Å². The van der Waals surface area contributed by atoms with Crippen LogP contribution < -0.4 is 9.62 Å². The Morgan fingerprint density at radius 2 is 1.72 bits per heavy atom. The minimum atomic E-state index is -3.29. The van der Waals surface area contributed by atoms with Gasteiger partial charge in [0.1, 0.15) is 0 Å². The number of nitrogens with zero attached hydrogens (tertiary/aromatic N) is 1. The van der Waals surface area contributed by atoms with Crippen molar-refractivity contribution >= 4 is 27.3 Å². The van der Waals surface area contributed by atoms with Gasteiger partial charge in [0, 0.05) is 17.8 Å². The molecule has 0 fully saturated rings. The maximum absolute atomic E-state index is 12.8. The Morgan fingerprint density at radius 1 is 0.931 bits per heavy atom. The molecule has 1 N–H and O–H groups in total. The van der Waals surface area contributed by atoms with Crippen molar-refractivity contribution in [1.29, 1.82) is 0 Å². The Balaban J connectivity index is 1.38. The highest BCUT2D eigenvalue weighted by Gasteiger charge is 2.27. The smallest absolute Gasteiger partial charge is 0.255 e. The number of sulfonamides is 1. The molecule has 146 valence electrons. The van der Waals surface area contributed by atoms with E-state index in [9.17, 15) is 13.2 Å². The summed E-state index contributed by atoms with van der Waals surface area (Å²) in [6, 6.07) is 19.6. The third-order valence-corrected chi connectivity index (χ3v) is 6.83. The molecule has 3 aromatic carbocycles. The number of hydrogen-bond donors (Lipinski definition) is 1. The van der Waals surface area contributed by atoms with Crippen molar-refractivity contribution < 1.29 is 13.2 Å². The highest BCUT2D eigenvalue weighted by molar-refractivity contribution is 7.92. The predicted molar refractivity (Wildman–Crippen MR) is 115 cm³/mol. The van der Waals surface area contributed by atoms with Gasteiger partial charge >= 0.3 is 0 Å². The van der Waals surface area contributed by atoms with Crippen molar-refractivity contribution in [1.82, 2.24) is 0 Å². The van der Waals surface area contributed by atoms with Crippen molar-refractivity contribution in [2.75, 3.05) is 22.4 Å². The second kappa shape index (κ2) is 6.46. The Hall–Kier alpha value is -3.12. The first-order chi connectivity index (χ1) is 13.9. The summed E-state index contributed by atoms with van der Waals surface area (Å²) >= 11 is 0. The molecule has 5 rings (SSSR count). The molecule has 6 heteroatoms. The summed E-state index contributed by atoms with van der Waals surface area (Å²) in [5.41, 5.74) is 7.84. The van der Waals surface area contributed by atoms with Crippen LogP contribution in [0.1, 0.15) is 27.0 Å². The van der Waals surface area contributed by atoms with E-state index in [0.717, 1.165) is 17.7 Å². The molecule has 2 aliphatic rings. The lowest BCUT2D eigenvalue weighted by Gasteiger charge is -2.16. The molecule has 1 amide bonds. The summed E-state index contributed by atoms with van der Waals surface area (Å²) < 4.78 is 25.1. The Labute approximate surface area is 170 Å². The van der Waals surface area contributed by atoms with E-state index in [0.29, 0.717) is 24.2 Å². The van der Waals surface area contributed by atoms with Gasteiger partial charge in [-0.15, -0.1) is 0 Å². The molecule has 0 spiro atoms. The first-order valence-electron chi connectivity index (χ1n) is 9.53. The number of anilines is 2. The molecule has 29 heavy (non-hydrogen) atoms. The van der Waals surface area contributed by atoms with E-state index in [-0.39, 0.29) is 5.91 Å². The average molecular weight is 404 g/mol. The quantitative estimate of drug-likeness (QED) is 0.564. The lowest BCUT2D eigenvalue weighted by molar-refractivity contribution is 0.102. The van der Waals surface area contributed by atoms with Gasteiger partial charge < -0.3 is 5.32 Å². The second-order valence-corrected chi connectivity index (χ2v) is 9.50. The average Bonchev–Trinajstić information content (AvgIpc) is 3.28. The molecule has 0 radical (unpaired) electrons. The normalized spacial score (nSPS) is 14.3. The van der Waals surface area contributed by atoms with Crippen LogP contribution >= 0.6 is 0 Å². The minimum absolute atomic E-state index is 0.193. The van der Waals surface area contributed by atoms with Crippen LogP contribution in [0.5, 0.6) is 0 Å². The van der Waals surface area contributed by atoms with E-state index in [1.54, 1.807) is 18.2 Å². The zero-order valence-corrected chi connectivity index (χ0v) is 16.8. The molecular formula is C23H20N2O3S. The zero-order chi connectivity index (χ0) is 20.2. The van der Waals surface area contributed by atoms with Gasteiger partial charge in [-0.05, 0) is 71.0 Å². The van der Waals surface area contributed by atoms with Gasteiger partial charge in [0.2, 0.25) is 10.0 Å². The summed E-state index contributed by atoms with van der Waals surface area (Å²) in [5, 5.41) is 2.98. The summed E-state index contributed by atoms with van der Waals surface area (Å²) in [7, 11) is -3.29. The lowest BCUT2D eigenvalue weighted by Crippen LogP contribution is -2.27. The fraction of sp³-hybridized carbons (Fsp3) is 0.174. The van der Waals surface area contributed by atoms with Gasteiger partial charge in [-0.3, -0.25) is 9.10 Å². The molecule has 0 aromatic heterocycles. The molecule has 3 aromatic rings. The SMILES string of the molecule is CS(=O)(=O)N1CCc2cc(C(=O)Nc3ccc4c(c3)Cc3ccccc3-4)ccc21. The highest BCUT2D eigenvalue weighted by Crippen LogP contribution is 2.37. The van der Waals surface area contributed by atoms with E-state index in [1.165, 1.54) is 32.8 Å². The van der Waals surface area contributed by atoms with Crippen LogP contribution in [0.15, 0.2) is 60.7 Å². The van der Waals surface area contributed by atoms with E-state index >= 15 is 0 Å². The Kier molecular flexibility index (Phi) is 3.99. The van der Waals surface area contributed by atoms with Crippen LogP contribution in [0.4, 0.5) is 11.4 Å². The van der Waals surface area contributed by atoms with Gasteiger partial charge in [0.25, 0.3) is 5.91 Å². The van der Waals surface area contributed by atoms with E-state index in [4.69, 9.17) is 0 Å². The number of hydrogen-bond acceptors (Lipinski definition) is 3. The molecule has 1 aliphatic carbocycles. The Bertz CT molecular complexity index is 1260.